The Balaban J connectivity index is 1.39. The number of fused-ring (bicyclic) bond motifs is 2. The van der Waals surface area contributed by atoms with E-state index in [4.69, 9.17) is 4.74 Å². The van der Waals surface area contributed by atoms with Crippen LogP contribution >= 0.6 is 0 Å². The highest BCUT2D eigenvalue weighted by Gasteiger charge is 2.54. The minimum absolute atomic E-state index is 0.0332. The molecule has 1 N–H and O–H groups in total. The van der Waals surface area contributed by atoms with Crippen LogP contribution in [0, 0.1) is 5.41 Å². The van der Waals surface area contributed by atoms with Gasteiger partial charge in [0.25, 0.3) is 5.91 Å². The lowest BCUT2D eigenvalue weighted by Crippen LogP contribution is -2.65. The lowest BCUT2D eigenvalue weighted by molar-refractivity contribution is -0.153. The first-order valence-electron chi connectivity index (χ1n) is 11.0. The molecule has 0 aromatic carbocycles. The number of piperidine rings is 2. The first-order chi connectivity index (χ1) is 14.1. The molecule has 4 aliphatic rings. The SMILES string of the molecule is CN1CCC[C@@]2(C(=O)N3CCCC3)CCN(C(=O)c3n[nH]c4c3COCC4)C[C@H]12. The Kier molecular flexibility index (Phi) is 4.86. The van der Waals surface area contributed by atoms with Crippen molar-refractivity contribution in [2.45, 2.75) is 51.2 Å². The number of amides is 2. The van der Waals surface area contributed by atoms with Gasteiger partial charge in [-0.05, 0) is 45.7 Å². The zero-order valence-electron chi connectivity index (χ0n) is 17.3. The molecule has 5 heterocycles. The van der Waals surface area contributed by atoms with Gasteiger partial charge in [0.1, 0.15) is 0 Å². The first kappa shape index (κ1) is 19.1. The second kappa shape index (κ2) is 7.40. The summed E-state index contributed by atoms with van der Waals surface area (Å²) < 4.78 is 5.55. The molecule has 4 aliphatic heterocycles. The average molecular weight is 402 g/mol. The summed E-state index contributed by atoms with van der Waals surface area (Å²) in [5, 5.41) is 7.35. The number of aromatic amines is 1. The summed E-state index contributed by atoms with van der Waals surface area (Å²) in [5.41, 5.74) is 2.08. The summed E-state index contributed by atoms with van der Waals surface area (Å²) in [5.74, 6) is 0.290. The fraction of sp³-hybridized carbons (Fsp3) is 0.762. The van der Waals surface area contributed by atoms with Crippen molar-refractivity contribution in [1.29, 1.82) is 0 Å². The maximum Gasteiger partial charge on any atom is 0.274 e. The number of rotatable bonds is 2. The molecule has 0 spiro atoms. The number of ether oxygens (including phenoxy) is 1. The predicted molar refractivity (Wildman–Crippen MR) is 106 cm³/mol. The van der Waals surface area contributed by atoms with Gasteiger partial charge < -0.3 is 19.4 Å². The van der Waals surface area contributed by atoms with Crippen molar-refractivity contribution in [1.82, 2.24) is 24.9 Å². The van der Waals surface area contributed by atoms with Crippen LogP contribution in [0.15, 0.2) is 0 Å². The highest BCUT2D eigenvalue weighted by molar-refractivity contribution is 5.94. The Morgan fingerprint density at radius 3 is 2.76 bits per heavy atom. The minimum atomic E-state index is -0.345. The van der Waals surface area contributed by atoms with Crippen LogP contribution in [0.25, 0.3) is 0 Å². The third-order valence-corrected chi connectivity index (χ3v) is 7.53. The van der Waals surface area contributed by atoms with Crippen LogP contribution in [0.5, 0.6) is 0 Å². The van der Waals surface area contributed by atoms with E-state index < -0.39 is 0 Å². The molecule has 2 atom stereocenters. The van der Waals surface area contributed by atoms with E-state index in [0.29, 0.717) is 37.9 Å². The molecule has 8 nitrogen and oxygen atoms in total. The Labute approximate surface area is 171 Å². The Morgan fingerprint density at radius 1 is 1.10 bits per heavy atom. The van der Waals surface area contributed by atoms with Gasteiger partial charge in [0, 0.05) is 49.9 Å². The number of aromatic nitrogens is 2. The summed E-state index contributed by atoms with van der Waals surface area (Å²) in [6.07, 6.45) is 5.72. The lowest BCUT2D eigenvalue weighted by Gasteiger charge is -2.54. The smallest absolute Gasteiger partial charge is 0.274 e. The molecule has 3 saturated heterocycles. The summed E-state index contributed by atoms with van der Waals surface area (Å²) in [6, 6.07) is 0.0769. The molecule has 0 saturated carbocycles. The molecule has 0 unspecified atom stereocenters. The van der Waals surface area contributed by atoms with E-state index in [1.165, 1.54) is 0 Å². The third-order valence-electron chi connectivity index (χ3n) is 7.53. The molecule has 0 radical (unpaired) electrons. The summed E-state index contributed by atoms with van der Waals surface area (Å²) in [7, 11) is 2.11. The van der Waals surface area contributed by atoms with Gasteiger partial charge in [-0.15, -0.1) is 0 Å². The highest BCUT2D eigenvalue weighted by Crippen LogP contribution is 2.44. The molecule has 0 aliphatic carbocycles. The molecular formula is C21H31N5O3. The number of nitrogens with one attached hydrogen (secondary N) is 1. The van der Waals surface area contributed by atoms with E-state index in [1.807, 2.05) is 4.90 Å². The number of nitrogens with zero attached hydrogens (tertiary/aromatic N) is 4. The summed E-state index contributed by atoms with van der Waals surface area (Å²) in [4.78, 5) is 33.2. The molecule has 2 amide bonds. The van der Waals surface area contributed by atoms with Crippen LogP contribution in [-0.4, -0.2) is 89.1 Å². The minimum Gasteiger partial charge on any atom is -0.376 e. The van der Waals surface area contributed by atoms with Gasteiger partial charge in [0.05, 0.1) is 18.6 Å². The van der Waals surface area contributed by atoms with E-state index >= 15 is 0 Å². The molecule has 29 heavy (non-hydrogen) atoms. The Bertz CT molecular complexity index is 802. The Hall–Kier alpha value is -1.93. The van der Waals surface area contributed by atoms with Gasteiger partial charge in [-0.3, -0.25) is 14.7 Å². The zero-order valence-corrected chi connectivity index (χ0v) is 17.3. The van der Waals surface area contributed by atoms with Crippen LogP contribution in [-0.2, 0) is 22.6 Å². The maximum absolute atomic E-state index is 13.6. The van der Waals surface area contributed by atoms with Crippen LogP contribution in [0.2, 0.25) is 0 Å². The van der Waals surface area contributed by atoms with E-state index in [0.717, 1.165) is 69.4 Å². The van der Waals surface area contributed by atoms with Gasteiger partial charge in [-0.2, -0.15) is 5.10 Å². The van der Waals surface area contributed by atoms with Gasteiger partial charge in [-0.1, -0.05) is 0 Å². The number of hydrogen-bond acceptors (Lipinski definition) is 5. The van der Waals surface area contributed by atoms with Crippen LogP contribution in [0.1, 0.15) is 53.8 Å². The molecule has 8 heteroatoms. The molecule has 1 aromatic heterocycles. The van der Waals surface area contributed by atoms with E-state index in [9.17, 15) is 9.59 Å². The second-order valence-corrected chi connectivity index (χ2v) is 9.09. The first-order valence-corrected chi connectivity index (χ1v) is 11.0. The topological polar surface area (TPSA) is 81.8 Å². The van der Waals surface area contributed by atoms with Crippen molar-refractivity contribution in [3.8, 4) is 0 Å². The molecule has 158 valence electrons. The summed E-state index contributed by atoms with van der Waals surface area (Å²) in [6.45, 7) is 5.08. The van der Waals surface area contributed by atoms with Crippen LogP contribution < -0.4 is 0 Å². The third kappa shape index (κ3) is 3.08. The molecule has 5 rings (SSSR count). The van der Waals surface area contributed by atoms with Gasteiger partial charge >= 0.3 is 0 Å². The highest BCUT2D eigenvalue weighted by atomic mass is 16.5. The number of likely N-dealkylation sites (tertiary alicyclic amines) is 3. The largest absolute Gasteiger partial charge is 0.376 e. The average Bonchev–Trinajstić information content (AvgIpc) is 3.43. The number of carbonyl (C=O) groups is 2. The van der Waals surface area contributed by atoms with E-state index in [1.54, 1.807) is 0 Å². The van der Waals surface area contributed by atoms with Crippen molar-refractivity contribution >= 4 is 11.8 Å². The molecular weight excluding hydrogens is 370 g/mol. The van der Waals surface area contributed by atoms with Crippen LogP contribution in [0.4, 0.5) is 0 Å². The zero-order chi connectivity index (χ0) is 20.0. The van der Waals surface area contributed by atoms with Gasteiger partial charge in [-0.25, -0.2) is 0 Å². The second-order valence-electron chi connectivity index (χ2n) is 9.09. The quantitative estimate of drug-likeness (QED) is 0.801. The van der Waals surface area contributed by atoms with Crippen molar-refractivity contribution in [2.24, 2.45) is 5.41 Å². The predicted octanol–water partition coefficient (Wildman–Crippen LogP) is 1.03. The van der Waals surface area contributed by atoms with Crippen LogP contribution in [0.3, 0.4) is 0 Å². The maximum atomic E-state index is 13.6. The van der Waals surface area contributed by atoms with E-state index in [2.05, 4.69) is 27.0 Å². The fourth-order valence-corrected chi connectivity index (χ4v) is 5.84. The van der Waals surface area contributed by atoms with Gasteiger partial charge in [0.15, 0.2) is 5.69 Å². The van der Waals surface area contributed by atoms with Crippen molar-refractivity contribution in [3.63, 3.8) is 0 Å². The summed E-state index contributed by atoms with van der Waals surface area (Å²) >= 11 is 0. The Morgan fingerprint density at radius 2 is 1.93 bits per heavy atom. The number of hydrogen-bond donors (Lipinski definition) is 1. The van der Waals surface area contributed by atoms with Crippen molar-refractivity contribution in [2.75, 3.05) is 46.4 Å². The number of carbonyl (C=O) groups excluding carboxylic acids is 2. The van der Waals surface area contributed by atoms with Crippen molar-refractivity contribution in [3.05, 3.63) is 17.0 Å². The normalized spacial score (nSPS) is 30.2. The number of H-pyrrole nitrogens is 1. The molecule has 3 fully saturated rings. The monoisotopic (exact) mass is 401 g/mol. The number of likely N-dealkylation sites (N-methyl/N-ethyl adjacent to an activating group) is 1. The van der Waals surface area contributed by atoms with E-state index in [-0.39, 0.29) is 17.4 Å². The standard InChI is InChI=1S/C21H31N5O3/c1-24-8-4-6-21(20(28)25-9-2-3-10-25)7-11-26(13-17(21)24)19(27)18-15-14-29-12-5-16(15)22-23-18/h17H,2-14H2,1H3,(H,22,23)/t17-,21+/m0/s1. The van der Waals surface area contributed by atoms with Crippen molar-refractivity contribution < 1.29 is 14.3 Å². The molecule has 0 bridgehead atoms. The lowest BCUT2D eigenvalue weighted by atomic mass is 9.67. The van der Waals surface area contributed by atoms with Gasteiger partial charge in [0.2, 0.25) is 5.91 Å². The fourth-order valence-electron chi connectivity index (χ4n) is 5.84. The molecule has 1 aromatic rings.